The number of nitrogens with one attached hydrogen (secondary N) is 1. The summed E-state index contributed by atoms with van der Waals surface area (Å²) in [6, 6.07) is 3.16. The summed E-state index contributed by atoms with van der Waals surface area (Å²) >= 11 is 0. The zero-order valence-electron chi connectivity index (χ0n) is 13.7. The molecule has 2 N–H and O–H groups in total. The highest BCUT2D eigenvalue weighted by Gasteiger charge is 2.57. The van der Waals surface area contributed by atoms with E-state index >= 15 is 0 Å². The second kappa shape index (κ2) is 6.06. The van der Waals surface area contributed by atoms with Crippen LogP contribution < -0.4 is 5.32 Å². The Kier molecular flexibility index (Phi) is 4.32. The maximum atomic E-state index is 13.7. The van der Waals surface area contributed by atoms with Crippen LogP contribution in [0.15, 0.2) is 23.1 Å². The molecule has 1 amide bonds. The van der Waals surface area contributed by atoms with Crippen LogP contribution in [0.5, 0.6) is 0 Å². The molecule has 0 spiro atoms. The van der Waals surface area contributed by atoms with Crippen molar-refractivity contribution in [2.45, 2.75) is 31.1 Å². The van der Waals surface area contributed by atoms with Gasteiger partial charge in [-0.15, -0.1) is 0 Å². The van der Waals surface area contributed by atoms with Crippen LogP contribution in [0.2, 0.25) is 0 Å². The Bertz CT molecular complexity index is 841. The molecule has 2 aliphatic rings. The number of rotatable bonds is 4. The summed E-state index contributed by atoms with van der Waals surface area (Å²) in [5, 5.41) is 11.8. The average Bonchev–Trinajstić information content (AvgIpc) is 3.07. The summed E-state index contributed by atoms with van der Waals surface area (Å²) in [5.41, 5.74) is -1.26. The van der Waals surface area contributed by atoms with E-state index in [1.165, 1.54) is 6.92 Å². The lowest BCUT2D eigenvalue weighted by molar-refractivity contribution is -0.149. The number of sulfonamides is 1. The van der Waals surface area contributed by atoms with Gasteiger partial charge in [0.15, 0.2) is 0 Å². The van der Waals surface area contributed by atoms with E-state index < -0.39 is 33.1 Å². The topological polar surface area (TPSA) is 104 Å². The Labute approximate surface area is 144 Å². The first-order valence-electron chi connectivity index (χ1n) is 7.97. The van der Waals surface area contributed by atoms with Crippen LogP contribution >= 0.6 is 0 Å². The highest BCUT2D eigenvalue weighted by atomic mass is 32.2. The fourth-order valence-corrected chi connectivity index (χ4v) is 5.46. The number of aliphatic carboxylic acids is 1. The van der Waals surface area contributed by atoms with Crippen molar-refractivity contribution < 1.29 is 27.5 Å². The molecule has 7 nitrogen and oxygen atoms in total. The van der Waals surface area contributed by atoms with Crippen molar-refractivity contribution in [1.29, 1.82) is 0 Å². The van der Waals surface area contributed by atoms with Gasteiger partial charge < -0.3 is 10.4 Å². The average molecular weight is 370 g/mol. The number of carboxylic acid groups (broad SMARTS) is 1. The van der Waals surface area contributed by atoms with Gasteiger partial charge in [-0.2, -0.15) is 4.31 Å². The number of benzene rings is 1. The quantitative estimate of drug-likeness (QED) is 0.839. The first-order valence-corrected chi connectivity index (χ1v) is 9.41. The fourth-order valence-electron chi connectivity index (χ4n) is 3.88. The van der Waals surface area contributed by atoms with Gasteiger partial charge in [0.1, 0.15) is 5.82 Å². The molecule has 0 unspecified atom stereocenters. The zero-order chi connectivity index (χ0) is 18.4. The van der Waals surface area contributed by atoms with Gasteiger partial charge in [0.05, 0.1) is 16.0 Å². The lowest BCUT2D eigenvalue weighted by atomic mass is 9.81. The minimum Gasteiger partial charge on any atom is -0.481 e. The third-order valence-electron chi connectivity index (χ3n) is 5.15. The number of amides is 1. The van der Waals surface area contributed by atoms with E-state index in [2.05, 4.69) is 5.32 Å². The van der Waals surface area contributed by atoms with E-state index in [1.54, 1.807) is 0 Å². The van der Waals surface area contributed by atoms with E-state index in [0.717, 1.165) is 28.9 Å². The van der Waals surface area contributed by atoms with Crippen LogP contribution in [0.3, 0.4) is 0 Å². The number of carbonyl (C=O) groups is 2. The maximum absolute atomic E-state index is 13.7. The summed E-state index contributed by atoms with van der Waals surface area (Å²) in [6.07, 6.45) is 1.91. The van der Waals surface area contributed by atoms with Crippen molar-refractivity contribution in [1.82, 2.24) is 4.31 Å². The summed E-state index contributed by atoms with van der Waals surface area (Å²) in [6.45, 7) is 1.25. The van der Waals surface area contributed by atoms with Crippen molar-refractivity contribution in [3.63, 3.8) is 0 Å². The first kappa shape index (κ1) is 17.8. The predicted octanol–water partition coefficient (Wildman–Crippen LogP) is 1.66. The summed E-state index contributed by atoms with van der Waals surface area (Å²) in [4.78, 5) is 22.7. The van der Waals surface area contributed by atoms with Crippen molar-refractivity contribution >= 4 is 27.6 Å². The first-order chi connectivity index (χ1) is 11.7. The monoisotopic (exact) mass is 370 g/mol. The Hall–Kier alpha value is -2.00. The lowest BCUT2D eigenvalue weighted by Crippen LogP contribution is -2.37. The minimum absolute atomic E-state index is 0.0812. The molecular formula is C16H19FN2O5S. The molecular weight excluding hydrogens is 351 g/mol. The number of carbonyl (C=O) groups excluding carboxylic acids is 1. The molecule has 2 fully saturated rings. The van der Waals surface area contributed by atoms with Crippen LogP contribution in [-0.4, -0.2) is 42.8 Å². The van der Waals surface area contributed by atoms with Gasteiger partial charge in [0.25, 0.3) is 0 Å². The minimum atomic E-state index is -3.98. The largest absolute Gasteiger partial charge is 0.481 e. The molecule has 1 saturated heterocycles. The second-order valence-electron chi connectivity index (χ2n) is 6.67. The predicted molar refractivity (Wildman–Crippen MR) is 86.9 cm³/mol. The molecule has 1 heterocycles. The van der Waals surface area contributed by atoms with Crippen molar-refractivity contribution in [2.24, 2.45) is 11.3 Å². The molecule has 136 valence electrons. The number of halogens is 1. The molecule has 9 heteroatoms. The van der Waals surface area contributed by atoms with Crippen molar-refractivity contribution in [2.75, 3.05) is 18.4 Å². The second-order valence-corrected chi connectivity index (χ2v) is 8.61. The number of fused-ring (bicyclic) bond motifs is 1. The van der Waals surface area contributed by atoms with E-state index in [4.69, 9.17) is 0 Å². The van der Waals surface area contributed by atoms with Gasteiger partial charge in [0.2, 0.25) is 15.9 Å². The highest BCUT2D eigenvalue weighted by molar-refractivity contribution is 7.89. The van der Waals surface area contributed by atoms with E-state index in [-0.39, 0.29) is 29.6 Å². The number of hydrogen-bond acceptors (Lipinski definition) is 4. The highest BCUT2D eigenvalue weighted by Crippen LogP contribution is 2.50. The summed E-state index contributed by atoms with van der Waals surface area (Å²) in [5.74, 6) is -2.44. The van der Waals surface area contributed by atoms with Gasteiger partial charge in [-0.05, 0) is 37.0 Å². The maximum Gasteiger partial charge on any atom is 0.311 e. The molecule has 0 aromatic heterocycles. The van der Waals surface area contributed by atoms with Crippen molar-refractivity contribution in [3.8, 4) is 0 Å². The molecule has 1 aromatic carbocycles. The van der Waals surface area contributed by atoms with E-state index in [1.807, 2.05) is 0 Å². The SMILES string of the molecule is CC(=O)Nc1cc(S(=O)(=O)N2C[C@@H]3CCC[C@@]3(C(=O)O)C2)ccc1F. The smallest absolute Gasteiger partial charge is 0.311 e. The molecule has 2 atom stereocenters. The lowest BCUT2D eigenvalue weighted by Gasteiger charge is -2.23. The van der Waals surface area contributed by atoms with E-state index in [0.29, 0.717) is 12.8 Å². The Balaban J connectivity index is 1.93. The van der Waals surface area contributed by atoms with Crippen LogP contribution in [-0.2, 0) is 19.6 Å². The third kappa shape index (κ3) is 2.91. The number of carboxylic acids is 1. The van der Waals surface area contributed by atoms with Gasteiger partial charge in [-0.3, -0.25) is 9.59 Å². The summed E-state index contributed by atoms with van der Waals surface area (Å²) in [7, 11) is -3.98. The normalized spacial score (nSPS) is 26.4. The van der Waals surface area contributed by atoms with Crippen LogP contribution in [0.25, 0.3) is 0 Å². The molecule has 0 radical (unpaired) electrons. The number of anilines is 1. The van der Waals surface area contributed by atoms with Crippen LogP contribution in [0.1, 0.15) is 26.2 Å². The molecule has 3 rings (SSSR count). The van der Waals surface area contributed by atoms with E-state index in [9.17, 15) is 27.5 Å². The standard InChI is InChI=1S/C16H19FN2O5S/c1-10(20)18-14-7-12(4-5-13(14)17)25(23,24)19-8-11-3-2-6-16(11,9-19)15(21)22/h4-5,7,11H,2-3,6,8-9H2,1H3,(H,18,20)(H,21,22)/t11-,16+/m0/s1. The van der Waals surface area contributed by atoms with Gasteiger partial charge in [0, 0.05) is 20.0 Å². The Morgan fingerprint density at radius 1 is 1.40 bits per heavy atom. The van der Waals surface area contributed by atoms with Crippen LogP contribution in [0, 0.1) is 17.2 Å². The number of nitrogens with zero attached hydrogens (tertiary/aromatic N) is 1. The third-order valence-corrected chi connectivity index (χ3v) is 6.96. The Morgan fingerprint density at radius 2 is 2.12 bits per heavy atom. The fraction of sp³-hybridized carbons (Fsp3) is 0.500. The number of hydrogen-bond donors (Lipinski definition) is 2. The molecule has 0 bridgehead atoms. The molecule has 1 aliphatic carbocycles. The summed E-state index contributed by atoms with van der Waals surface area (Å²) < 4.78 is 40.7. The van der Waals surface area contributed by atoms with Gasteiger partial charge in [-0.1, -0.05) is 6.42 Å². The zero-order valence-corrected chi connectivity index (χ0v) is 14.5. The van der Waals surface area contributed by atoms with Gasteiger partial charge in [-0.25, -0.2) is 12.8 Å². The Morgan fingerprint density at radius 3 is 2.72 bits per heavy atom. The molecule has 1 aliphatic heterocycles. The molecule has 1 aromatic rings. The van der Waals surface area contributed by atoms with Crippen LogP contribution in [0.4, 0.5) is 10.1 Å². The molecule has 1 saturated carbocycles. The molecule has 25 heavy (non-hydrogen) atoms. The van der Waals surface area contributed by atoms with Crippen molar-refractivity contribution in [3.05, 3.63) is 24.0 Å². The van der Waals surface area contributed by atoms with Gasteiger partial charge >= 0.3 is 5.97 Å².